The van der Waals surface area contributed by atoms with Crippen molar-refractivity contribution in [2.75, 3.05) is 6.54 Å². The average Bonchev–Trinajstić information content (AvgIpc) is 2.82. The van der Waals surface area contributed by atoms with Crippen LogP contribution in [0.2, 0.25) is 0 Å². The van der Waals surface area contributed by atoms with E-state index >= 15 is 0 Å². The maximum Gasteiger partial charge on any atom is 0.417 e. The number of amides is 1. The van der Waals surface area contributed by atoms with Crippen molar-refractivity contribution < 1.29 is 66.7 Å². The third-order valence-electron chi connectivity index (χ3n) is 5.63. The van der Waals surface area contributed by atoms with Crippen molar-refractivity contribution in [3.63, 3.8) is 0 Å². The number of halogens is 14. The number of hydrogen-bond donors (Lipinski definition) is 1. The minimum Gasteiger partial charge on any atom is -0.347 e. The Bertz CT molecular complexity index is 1340. The first-order valence-electron chi connectivity index (χ1n) is 11.3. The molecule has 0 bridgehead atoms. The van der Waals surface area contributed by atoms with Gasteiger partial charge in [0.05, 0.1) is 11.1 Å². The third kappa shape index (κ3) is 9.46. The molecule has 1 amide bonds. The van der Waals surface area contributed by atoms with Crippen LogP contribution >= 0.6 is 15.9 Å². The fourth-order valence-corrected chi connectivity index (χ4v) is 4.21. The number of carbonyl (C=O) groups is 2. The van der Waals surface area contributed by atoms with E-state index in [2.05, 4.69) is 15.9 Å². The van der Waals surface area contributed by atoms with Gasteiger partial charge in [-0.1, -0.05) is 41.1 Å². The number of allylic oxidation sites excluding steroid dienone is 1. The first-order valence-corrected chi connectivity index (χ1v) is 12.1. The Hall–Kier alpha value is -3.11. The second-order valence-electron chi connectivity index (χ2n) is 8.89. The highest BCUT2D eigenvalue weighted by Crippen LogP contribution is 2.42. The van der Waals surface area contributed by atoms with Gasteiger partial charge in [-0.15, -0.1) is 0 Å². The summed E-state index contributed by atoms with van der Waals surface area (Å²) >= 11 is 2.49. The van der Waals surface area contributed by atoms with Crippen molar-refractivity contribution in [3.8, 4) is 0 Å². The zero-order valence-corrected chi connectivity index (χ0v) is 22.3. The number of carbonyl (C=O) groups excluding carboxylic acids is 2. The number of nitrogens with one attached hydrogen (secondary N) is 1. The van der Waals surface area contributed by atoms with Crippen molar-refractivity contribution in [1.29, 1.82) is 0 Å². The number of rotatable bonds is 8. The van der Waals surface area contributed by atoms with Gasteiger partial charge < -0.3 is 5.32 Å². The molecule has 0 aliphatic heterocycles. The van der Waals surface area contributed by atoms with E-state index in [0.29, 0.717) is 30.3 Å². The monoisotopic (exact) mass is 689 g/mol. The Labute approximate surface area is 236 Å². The molecule has 232 valence electrons. The van der Waals surface area contributed by atoms with Gasteiger partial charge in [-0.05, 0) is 29.8 Å². The van der Waals surface area contributed by atoms with Crippen LogP contribution in [0.3, 0.4) is 0 Å². The molecule has 0 saturated carbocycles. The molecule has 42 heavy (non-hydrogen) atoms. The molecule has 0 saturated heterocycles. The Balaban J connectivity index is 2.46. The van der Waals surface area contributed by atoms with Gasteiger partial charge >= 0.3 is 24.7 Å². The maximum atomic E-state index is 14.9. The van der Waals surface area contributed by atoms with Gasteiger partial charge in [0.15, 0.2) is 5.78 Å². The molecule has 0 heterocycles. The lowest BCUT2D eigenvalue weighted by Crippen LogP contribution is -2.37. The molecule has 2 atom stereocenters. The van der Waals surface area contributed by atoms with Crippen LogP contribution in [0.15, 0.2) is 46.9 Å². The molecule has 0 fully saturated rings. The van der Waals surface area contributed by atoms with E-state index in [9.17, 15) is 66.7 Å². The van der Waals surface area contributed by atoms with E-state index in [1.165, 1.54) is 5.32 Å². The predicted octanol–water partition coefficient (Wildman–Crippen LogP) is 9.03. The van der Waals surface area contributed by atoms with Crippen LogP contribution in [0.4, 0.5) is 57.1 Å². The number of Topliss-reactive ketones (excluding diaryl/α,β-unsaturated/α-hetero) is 1. The number of alkyl halides is 12. The Morgan fingerprint density at radius 3 is 1.90 bits per heavy atom. The summed E-state index contributed by atoms with van der Waals surface area (Å²) in [6.45, 7) is -0.800. The summed E-state index contributed by atoms with van der Waals surface area (Å²) in [5.41, 5.74) is -6.22. The van der Waals surface area contributed by atoms with Gasteiger partial charge in [0.1, 0.15) is 18.3 Å². The smallest absolute Gasteiger partial charge is 0.347 e. The molecule has 2 aromatic rings. The highest BCUT2D eigenvalue weighted by Gasteiger charge is 2.42. The van der Waals surface area contributed by atoms with Gasteiger partial charge in [0, 0.05) is 27.9 Å². The second kappa shape index (κ2) is 12.6. The van der Waals surface area contributed by atoms with Gasteiger partial charge in [-0.2, -0.15) is 52.7 Å². The largest absolute Gasteiger partial charge is 0.417 e. The molecular weight excluding hydrogens is 673 g/mol. The van der Waals surface area contributed by atoms with Crippen LogP contribution in [0, 0.1) is 5.92 Å². The molecule has 1 unspecified atom stereocenters. The summed E-state index contributed by atoms with van der Waals surface area (Å²) in [5, 5.41) is 1.46. The molecule has 0 aliphatic rings. The van der Waals surface area contributed by atoms with Gasteiger partial charge in [-0.25, -0.2) is 4.39 Å². The van der Waals surface area contributed by atoms with E-state index in [0.717, 1.165) is 6.92 Å². The third-order valence-corrected chi connectivity index (χ3v) is 6.28. The van der Waals surface area contributed by atoms with Crippen LogP contribution in [-0.2, 0) is 17.1 Å². The molecule has 1 N–H and O–H groups in total. The highest BCUT2D eigenvalue weighted by molar-refractivity contribution is 9.10. The van der Waals surface area contributed by atoms with Crippen molar-refractivity contribution >= 4 is 33.4 Å². The molecule has 3 nitrogen and oxygen atoms in total. The number of benzene rings is 2. The predicted molar refractivity (Wildman–Crippen MR) is 126 cm³/mol. The van der Waals surface area contributed by atoms with Crippen LogP contribution in [0.1, 0.15) is 51.9 Å². The van der Waals surface area contributed by atoms with Crippen LogP contribution in [0.25, 0.3) is 5.83 Å². The van der Waals surface area contributed by atoms with Crippen molar-refractivity contribution in [3.05, 3.63) is 74.8 Å². The van der Waals surface area contributed by atoms with Gasteiger partial charge in [0.2, 0.25) is 5.91 Å². The fourth-order valence-electron chi connectivity index (χ4n) is 3.59. The van der Waals surface area contributed by atoms with Gasteiger partial charge in [0.25, 0.3) is 0 Å². The van der Waals surface area contributed by atoms with Crippen LogP contribution < -0.4 is 5.32 Å². The van der Waals surface area contributed by atoms with E-state index in [1.54, 1.807) is 0 Å². The SMILES string of the molecule is C[C@@H](CC(=O)c1ccc(/C(F)=C/C(c2ccc(C(F)(F)F)c(Br)c2)C(F)(F)F)cc1C(F)(F)F)C(=O)NCC(F)(F)F. The van der Waals surface area contributed by atoms with Crippen molar-refractivity contribution in [2.24, 2.45) is 5.92 Å². The molecular formula is C25H17BrF13NO2. The standard InChI is InChI=1S/C25H17BrF13NO2/c1-11(21(42)40-10-22(28,29)30)6-20(41)14-4-2-13(7-17(14)25(37,38)39)19(27)9-16(24(34,35)36)12-3-5-15(18(26)8-12)23(31,32)33/h2-5,7-9,11,16H,6,10H2,1H3,(H,40,42)/b19-9-/t11-,16?/m0/s1. The molecule has 2 rings (SSSR count). The van der Waals surface area contributed by atoms with Crippen molar-refractivity contribution in [1.82, 2.24) is 5.32 Å². The second-order valence-corrected chi connectivity index (χ2v) is 9.74. The van der Waals surface area contributed by atoms with E-state index < -0.39 is 99.3 Å². The Morgan fingerprint density at radius 1 is 0.857 bits per heavy atom. The minimum atomic E-state index is -5.37. The molecule has 0 aromatic heterocycles. The van der Waals surface area contributed by atoms with Crippen LogP contribution in [-0.4, -0.2) is 30.6 Å². The summed E-state index contributed by atoms with van der Waals surface area (Å²) in [6, 6.07) is 2.12. The number of hydrogen-bond acceptors (Lipinski definition) is 2. The minimum absolute atomic E-state index is 0.0174. The lowest BCUT2D eigenvalue weighted by molar-refractivity contribution is -0.140. The average molecular weight is 690 g/mol. The normalized spacial score (nSPS) is 14.9. The summed E-state index contributed by atoms with van der Waals surface area (Å²) in [5.74, 6) is -8.96. The first kappa shape index (κ1) is 35.1. The molecule has 0 spiro atoms. The molecule has 17 heteroatoms. The Kier molecular flexibility index (Phi) is 10.6. The van der Waals surface area contributed by atoms with E-state index in [4.69, 9.17) is 0 Å². The van der Waals surface area contributed by atoms with Crippen molar-refractivity contribution in [2.45, 2.75) is 44.0 Å². The highest BCUT2D eigenvalue weighted by atomic mass is 79.9. The summed E-state index contributed by atoms with van der Waals surface area (Å²) in [7, 11) is 0. The quantitative estimate of drug-likeness (QED) is 0.222. The summed E-state index contributed by atoms with van der Waals surface area (Å²) in [4.78, 5) is 24.3. The fraction of sp³-hybridized carbons (Fsp3) is 0.360. The zero-order valence-electron chi connectivity index (χ0n) is 20.7. The first-order chi connectivity index (χ1) is 18.9. The topological polar surface area (TPSA) is 46.2 Å². The zero-order chi connectivity index (χ0) is 32.4. The van der Waals surface area contributed by atoms with Gasteiger partial charge in [-0.3, -0.25) is 9.59 Å². The lowest BCUT2D eigenvalue weighted by atomic mass is 9.92. The summed E-state index contributed by atoms with van der Waals surface area (Å²) < 4.78 is 172. The molecule has 0 radical (unpaired) electrons. The van der Waals surface area contributed by atoms with E-state index in [-0.39, 0.29) is 12.1 Å². The lowest BCUT2D eigenvalue weighted by Gasteiger charge is -2.20. The molecule has 2 aromatic carbocycles. The number of ketones is 1. The summed E-state index contributed by atoms with van der Waals surface area (Å²) in [6.07, 6.45) is -21.6. The van der Waals surface area contributed by atoms with E-state index in [1.807, 2.05) is 0 Å². The Morgan fingerprint density at radius 2 is 1.43 bits per heavy atom. The maximum absolute atomic E-state index is 14.9. The van der Waals surface area contributed by atoms with Crippen LogP contribution in [0.5, 0.6) is 0 Å². The molecule has 0 aliphatic carbocycles.